The molecule has 0 aromatic rings. The van der Waals surface area contributed by atoms with Crippen LogP contribution in [-0.2, 0) is 4.79 Å². The molecule has 1 amide bonds. The molecule has 0 aliphatic rings. The fraction of sp³-hybridized carbons (Fsp3) is 0.571. The average Bonchev–Trinajstić information content (AvgIpc) is 2.04. The third kappa shape index (κ3) is 10.2. The van der Waals surface area contributed by atoms with Gasteiger partial charge in [-0.15, -0.1) is 0 Å². The molecular weight excluding hydrogens is 128 g/mol. The zero-order valence-corrected chi connectivity index (χ0v) is 6.85. The predicted molar refractivity (Wildman–Crippen MR) is 47.8 cm³/mol. The summed E-state index contributed by atoms with van der Waals surface area (Å²) in [5.41, 5.74) is 5.06. The van der Waals surface area contributed by atoms with Crippen molar-refractivity contribution >= 4 is 5.91 Å². The lowest BCUT2D eigenvalue weighted by Crippen LogP contribution is -2.14. The summed E-state index contributed by atoms with van der Waals surface area (Å²) in [5.74, 6) is -0.115. The first kappa shape index (κ1) is 11.9. The molecule has 0 spiro atoms. The van der Waals surface area contributed by atoms with E-state index < -0.39 is 0 Å². The van der Waals surface area contributed by atoms with Crippen LogP contribution in [0.3, 0.4) is 0 Å². The van der Waals surface area contributed by atoms with Crippen LogP contribution in [0.25, 0.3) is 0 Å². The molecule has 0 aliphatic heterocycles. The van der Waals surface area contributed by atoms with E-state index in [1.807, 2.05) is 13.8 Å². The number of hydrogen-bond donors (Lipinski definition) is 2. The third-order valence-electron chi connectivity index (χ3n) is 0.652. The van der Waals surface area contributed by atoms with E-state index in [2.05, 4.69) is 5.32 Å². The van der Waals surface area contributed by atoms with Crippen LogP contribution in [0.5, 0.6) is 0 Å². The molecule has 3 nitrogen and oxygen atoms in total. The van der Waals surface area contributed by atoms with Crippen molar-refractivity contribution < 1.29 is 7.65 Å². The van der Waals surface area contributed by atoms with E-state index in [0.717, 1.165) is 0 Å². The Balaban J connectivity index is -0.0000000740. The molecule has 0 aromatic heterocycles. The second-order valence-corrected chi connectivity index (χ2v) is 1.25. The maximum absolute atomic E-state index is 10.3. The minimum absolute atomic E-state index is 0. The van der Waals surface area contributed by atoms with E-state index in [9.17, 15) is 4.79 Å². The van der Waals surface area contributed by atoms with Gasteiger partial charge in [0, 0.05) is 22.5 Å². The molecule has 0 atom stereocenters. The fourth-order valence-corrected chi connectivity index (χ4v) is 0.258. The molecule has 3 N–H and O–H groups in total. The van der Waals surface area contributed by atoms with Gasteiger partial charge in [0.25, 0.3) is 0 Å². The van der Waals surface area contributed by atoms with Crippen molar-refractivity contribution in [2.24, 2.45) is 5.73 Å². The Labute approximate surface area is 65.3 Å². The van der Waals surface area contributed by atoms with Crippen LogP contribution in [0.4, 0.5) is 0 Å². The Bertz CT molecular complexity index is 108. The Kier molecular flexibility index (Phi) is 13.1. The second-order valence-electron chi connectivity index (χ2n) is 1.25. The summed E-state index contributed by atoms with van der Waals surface area (Å²) in [5, 5.41) is 2.42. The number of amides is 1. The van der Waals surface area contributed by atoms with Gasteiger partial charge in [0.1, 0.15) is 0 Å². The first-order valence-electron chi connectivity index (χ1n) is 3.39. The van der Waals surface area contributed by atoms with Crippen molar-refractivity contribution in [3.63, 3.8) is 0 Å². The van der Waals surface area contributed by atoms with Crippen LogP contribution in [0, 0.1) is 0 Å². The molecule has 3 heteroatoms. The van der Waals surface area contributed by atoms with Gasteiger partial charge in [0.05, 0.1) is 0 Å². The van der Waals surface area contributed by atoms with Gasteiger partial charge in [-0.05, 0) is 0 Å². The van der Waals surface area contributed by atoms with Gasteiger partial charge >= 0.3 is 0 Å². The van der Waals surface area contributed by atoms with E-state index in [1.165, 1.54) is 6.08 Å². The van der Waals surface area contributed by atoms with Gasteiger partial charge in [-0.3, -0.25) is 4.79 Å². The molecule has 0 saturated heterocycles. The van der Waals surface area contributed by atoms with Crippen LogP contribution in [0.1, 0.15) is 16.7 Å². The molecule has 10 heavy (non-hydrogen) atoms. The molecule has 0 fully saturated rings. The van der Waals surface area contributed by atoms with E-state index >= 15 is 0 Å². The van der Waals surface area contributed by atoms with Crippen molar-refractivity contribution in [3.8, 4) is 0 Å². The van der Waals surface area contributed by atoms with E-state index in [-0.39, 0.29) is 8.76 Å². The summed E-state index contributed by atoms with van der Waals surface area (Å²) >= 11 is 0. The number of carbonyl (C=O) groups excluding carboxylic acids is 1. The van der Waals surface area contributed by atoms with Crippen molar-refractivity contribution in [2.45, 2.75) is 13.8 Å². The largest absolute Gasteiger partial charge is 0.356 e. The molecule has 0 aliphatic carbocycles. The first-order chi connectivity index (χ1) is 4.81. The van der Waals surface area contributed by atoms with Gasteiger partial charge in [-0.2, -0.15) is 0 Å². The van der Waals surface area contributed by atoms with Crippen molar-refractivity contribution in [1.82, 2.24) is 5.32 Å². The van der Waals surface area contributed by atoms with Crippen molar-refractivity contribution in [2.75, 3.05) is 13.6 Å². The van der Waals surface area contributed by atoms with Crippen LogP contribution >= 0.6 is 0 Å². The highest BCUT2D eigenvalue weighted by Gasteiger charge is 1.82. The maximum atomic E-state index is 10.3. The molecule has 0 radical (unpaired) electrons. The summed E-state index contributed by atoms with van der Waals surface area (Å²) in [6.07, 6.45) is 3.00. The molecule has 0 aromatic carbocycles. The van der Waals surface area contributed by atoms with Crippen LogP contribution < -0.4 is 11.1 Å². The lowest BCUT2D eigenvalue weighted by Gasteiger charge is -1.86. The SMILES string of the molecule is CC.CNC(=O)/C=C/CN.[HH].[HH]. The summed E-state index contributed by atoms with van der Waals surface area (Å²) in [6, 6.07) is 0. The fourth-order valence-electron chi connectivity index (χ4n) is 0.258. The summed E-state index contributed by atoms with van der Waals surface area (Å²) in [4.78, 5) is 10.3. The second kappa shape index (κ2) is 11.0. The molecule has 0 saturated carbocycles. The van der Waals surface area contributed by atoms with E-state index in [4.69, 9.17) is 5.73 Å². The minimum atomic E-state index is -0.115. The van der Waals surface area contributed by atoms with Crippen LogP contribution in [0.15, 0.2) is 12.2 Å². The average molecular weight is 148 g/mol. The number of nitrogens with two attached hydrogens (primary N) is 1. The standard InChI is InChI=1S/C5H10N2O.C2H6.2H2/c1-7-5(8)3-2-4-6;1-2;;/h2-3H,4,6H2,1H3,(H,7,8);1-2H3;2*1H/b3-2+;;;. The third-order valence-corrected chi connectivity index (χ3v) is 0.652. The first-order valence-corrected chi connectivity index (χ1v) is 3.39. The molecule has 0 bridgehead atoms. The minimum Gasteiger partial charge on any atom is -0.356 e. The van der Waals surface area contributed by atoms with E-state index in [0.29, 0.717) is 6.54 Å². The number of hydrogen-bond acceptors (Lipinski definition) is 2. The maximum Gasteiger partial charge on any atom is 0.243 e. The summed E-state index contributed by atoms with van der Waals surface area (Å²) < 4.78 is 0. The summed E-state index contributed by atoms with van der Waals surface area (Å²) in [6.45, 7) is 4.41. The monoisotopic (exact) mass is 148 g/mol. The molecule has 0 unspecified atom stereocenters. The number of carbonyl (C=O) groups is 1. The van der Waals surface area contributed by atoms with Gasteiger partial charge < -0.3 is 11.1 Å². The molecule has 64 valence electrons. The van der Waals surface area contributed by atoms with Gasteiger partial charge in [-0.25, -0.2) is 0 Å². The molecular formula is C7H20N2O. The molecule has 0 rings (SSSR count). The lowest BCUT2D eigenvalue weighted by molar-refractivity contribution is -0.116. The molecule has 0 heterocycles. The Hall–Kier alpha value is -0.830. The highest BCUT2D eigenvalue weighted by molar-refractivity contribution is 5.87. The zero-order chi connectivity index (χ0) is 8.41. The predicted octanol–water partition coefficient (Wildman–Crippen LogP) is 0.766. The zero-order valence-electron chi connectivity index (χ0n) is 6.85. The lowest BCUT2D eigenvalue weighted by atomic mass is 10.5. The van der Waals surface area contributed by atoms with Gasteiger partial charge in [0.15, 0.2) is 0 Å². The van der Waals surface area contributed by atoms with Crippen molar-refractivity contribution in [3.05, 3.63) is 12.2 Å². The van der Waals surface area contributed by atoms with Crippen LogP contribution in [-0.4, -0.2) is 19.5 Å². The smallest absolute Gasteiger partial charge is 0.243 e. The quantitative estimate of drug-likeness (QED) is 0.568. The Morgan fingerprint density at radius 1 is 1.70 bits per heavy atom. The number of rotatable bonds is 2. The van der Waals surface area contributed by atoms with E-state index in [1.54, 1.807) is 13.1 Å². The normalized spacial score (nSPS) is 8.40. The highest BCUT2D eigenvalue weighted by atomic mass is 16.1. The number of nitrogens with one attached hydrogen (secondary N) is 1. The Morgan fingerprint density at radius 2 is 2.20 bits per heavy atom. The highest BCUT2D eigenvalue weighted by Crippen LogP contribution is 1.66. The van der Waals surface area contributed by atoms with Gasteiger partial charge in [-0.1, -0.05) is 19.9 Å². The van der Waals surface area contributed by atoms with Crippen LogP contribution in [0.2, 0.25) is 0 Å². The summed E-state index contributed by atoms with van der Waals surface area (Å²) in [7, 11) is 1.57. The van der Waals surface area contributed by atoms with Crippen molar-refractivity contribution in [1.29, 1.82) is 0 Å². The van der Waals surface area contributed by atoms with Gasteiger partial charge in [0.2, 0.25) is 5.91 Å². The number of likely N-dealkylation sites (N-methyl/N-ethyl adjacent to an activating group) is 1. The topological polar surface area (TPSA) is 55.1 Å². The Morgan fingerprint density at radius 3 is 2.50 bits per heavy atom.